The van der Waals surface area contributed by atoms with Crippen LogP contribution in [0.3, 0.4) is 0 Å². The van der Waals surface area contributed by atoms with Crippen LogP contribution < -0.4 is 0 Å². The first-order valence-corrected chi connectivity index (χ1v) is 14.2. The van der Waals surface area contributed by atoms with Gasteiger partial charge in [0.2, 0.25) is 10.0 Å². The Balaban J connectivity index is 2.77. The zero-order valence-corrected chi connectivity index (χ0v) is 22.8. The quantitative estimate of drug-likeness (QED) is 0.296. The molecule has 0 spiro atoms. The van der Waals surface area contributed by atoms with E-state index < -0.39 is 106 Å². The van der Waals surface area contributed by atoms with Crippen molar-refractivity contribution in [1.29, 1.82) is 0 Å². The van der Waals surface area contributed by atoms with Crippen LogP contribution in [0.5, 0.6) is 0 Å². The second kappa shape index (κ2) is 11.8. The molecule has 0 saturated carbocycles. The fourth-order valence-electron chi connectivity index (χ4n) is 3.50. The number of rotatable bonds is 9. The van der Waals surface area contributed by atoms with E-state index in [4.69, 9.17) is 0 Å². The van der Waals surface area contributed by atoms with Crippen LogP contribution in [0.4, 0.5) is 52.7 Å². The Labute approximate surface area is 231 Å². The molecule has 2 rings (SSSR count). The molecular formula is C22H20F12N2O4S2. The Morgan fingerprint density at radius 2 is 0.929 bits per heavy atom. The summed E-state index contributed by atoms with van der Waals surface area (Å²) >= 11 is 0. The molecule has 0 fully saturated rings. The number of hydrogen-bond donors (Lipinski definition) is 0. The highest BCUT2D eigenvalue weighted by atomic mass is 32.3. The van der Waals surface area contributed by atoms with Gasteiger partial charge in [0.05, 0.1) is 32.9 Å². The van der Waals surface area contributed by atoms with Crippen molar-refractivity contribution in [3.05, 3.63) is 64.2 Å². The van der Waals surface area contributed by atoms with E-state index in [2.05, 4.69) is 0 Å². The Morgan fingerprint density at radius 1 is 0.571 bits per heavy atom. The molecule has 2 aromatic rings. The minimum atomic E-state index is -5.84. The van der Waals surface area contributed by atoms with Crippen molar-refractivity contribution in [2.75, 3.05) is 27.2 Å². The summed E-state index contributed by atoms with van der Waals surface area (Å²) in [5, 5.41) is 0. The summed E-state index contributed by atoms with van der Waals surface area (Å²) in [6, 6.07) is -1.32. The van der Waals surface area contributed by atoms with Crippen molar-refractivity contribution < 1.29 is 69.5 Å². The zero-order chi connectivity index (χ0) is 32.7. The Kier molecular flexibility index (Phi) is 10.0. The molecule has 0 aliphatic carbocycles. The third-order valence-electron chi connectivity index (χ3n) is 5.38. The Hall–Kier alpha value is -2.58. The predicted molar refractivity (Wildman–Crippen MR) is 123 cm³/mol. The van der Waals surface area contributed by atoms with Gasteiger partial charge in [-0.2, -0.15) is 52.7 Å². The summed E-state index contributed by atoms with van der Waals surface area (Å²) in [5.74, 6) is -1.84. The molecule has 2 aromatic carbocycles. The maximum atomic E-state index is 13.3. The van der Waals surface area contributed by atoms with Crippen molar-refractivity contribution in [3.8, 4) is 0 Å². The fraction of sp³-hybridized carbons (Fsp3) is 0.455. The number of benzene rings is 2. The largest absolute Gasteiger partial charge is 0.416 e. The molecule has 0 bridgehead atoms. The van der Waals surface area contributed by atoms with Gasteiger partial charge in [-0.1, -0.05) is 3.71 Å². The third-order valence-corrected chi connectivity index (χ3v) is 9.70. The minimum Gasteiger partial charge on any atom is -0.309 e. The van der Waals surface area contributed by atoms with Crippen LogP contribution in [0.2, 0.25) is 0 Å². The van der Waals surface area contributed by atoms with Crippen LogP contribution in [-0.4, -0.2) is 52.6 Å². The molecule has 0 atom stereocenters. The summed E-state index contributed by atoms with van der Waals surface area (Å²) < 4.78 is 212. The minimum absolute atomic E-state index is 0.0105. The van der Waals surface area contributed by atoms with E-state index in [9.17, 15) is 69.5 Å². The van der Waals surface area contributed by atoms with Crippen LogP contribution in [0.25, 0.3) is 0 Å². The van der Waals surface area contributed by atoms with Gasteiger partial charge in [-0.25, -0.2) is 16.8 Å². The first kappa shape index (κ1) is 35.6. The van der Waals surface area contributed by atoms with Crippen molar-refractivity contribution >= 4 is 20.0 Å². The molecule has 20 heteroatoms. The topological polar surface area (TPSA) is 74.8 Å². The van der Waals surface area contributed by atoms with Crippen LogP contribution in [0.15, 0.2) is 41.3 Å². The lowest BCUT2D eigenvalue weighted by atomic mass is 10.1. The Morgan fingerprint density at radius 3 is 1.26 bits per heavy atom. The van der Waals surface area contributed by atoms with Gasteiger partial charge >= 0.3 is 24.7 Å². The molecule has 0 N–H and O–H groups in total. The number of halogens is 12. The highest BCUT2D eigenvalue weighted by Gasteiger charge is 2.42. The average Bonchev–Trinajstić information content (AvgIpc) is 2.78. The van der Waals surface area contributed by atoms with E-state index in [1.54, 1.807) is 0 Å². The maximum Gasteiger partial charge on any atom is 0.416 e. The maximum absolute atomic E-state index is 13.3. The molecule has 0 heterocycles. The van der Waals surface area contributed by atoms with E-state index in [-0.39, 0.29) is 36.9 Å². The molecule has 42 heavy (non-hydrogen) atoms. The highest BCUT2D eigenvalue weighted by Crippen LogP contribution is 2.39. The van der Waals surface area contributed by atoms with Crippen molar-refractivity contribution in [2.24, 2.45) is 0 Å². The van der Waals surface area contributed by atoms with Gasteiger partial charge in [-0.15, -0.1) is 0 Å². The molecule has 0 aliphatic rings. The SMILES string of the molecule is CN(C)CCCN(S(=O)(=O)Cc1cc(C(F)(F)F)cc(C(F)(F)F)c1)S(=O)(=O)c1cc(C(F)(F)F)cc(C(F)(F)F)c1. The summed E-state index contributed by atoms with van der Waals surface area (Å²) in [6.45, 7) is -1.23. The number of alkyl halides is 12. The van der Waals surface area contributed by atoms with Gasteiger partial charge in [-0.05, 0) is 69.0 Å². The molecule has 0 amide bonds. The molecule has 0 unspecified atom stereocenters. The van der Waals surface area contributed by atoms with E-state index in [0.717, 1.165) is 0 Å². The van der Waals surface area contributed by atoms with Gasteiger partial charge in [0.1, 0.15) is 0 Å². The molecule has 0 aromatic heterocycles. The summed E-state index contributed by atoms with van der Waals surface area (Å²) in [7, 11) is -8.55. The summed E-state index contributed by atoms with van der Waals surface area (Å²) in [4.78, 5) is -0.399. The number of nitrogens with zero attached hydrogens (tertiary/aromatic N) is 2. The van der Waals surface area contributed by atoms with E-state index >= 15 is 0 Å². The van der Waals surface area contributed by atoms with Crippen LogP contribution in [0, 0.1) is 0 Å². The zero-order valence-electron chi connectivity index (χ0n) is 21.2. The fourth-order valence-corrected chi connectivity index (χ4v) is 7.41. The van der Waals surface area contributed by atoms with E-state index in [1.165, 1.54) is 19.0 Å². The highest BCUT2D eigenvalue weighted by molar-refractivity contribution is 8.03. The van der Waals surface area contributed by atoms with Crippen molar-refractivity contribution in [2.45, 2.75) is 41.8 Å². The van der Waals surface area contributed by atoms with Gasteiger partial charge in [0.25, 0.3) is 10.0 Å². The van der Waals surface area contributed by atoms with Gasteiger partial charge in [0.15, 0.2) is 0 Å². The first-order chi connectivity index (χ1) is 18.7. The van der Waals surface area contributed by atoms with Crippen LogP contribution >= 0.6 is 0 Å². The lowest BCUT2D eigenvalue weighted by Crippen LogP contribution is -2.39. The lowest BCUT2D eigenvalue weighted by molar-refractivity contribution is -0.144. The lowest BCUT2D eigenvalue weighted by Gasteiger charge is -2.24. The van der Waals surface area contributed by atoms with Gasteiger partial charge < -0.3 is 4.90 Å². The predicted octanol–water partition coefficient (Wildman–Crippen LogP) is 6.23. The summed E-state index contributed by atoms with van der Waals surface area (Å²) in [5.41, 5.74) is -9.33. The molecule has 238 valence electrons. The Bertz CT molecular complexity index is 1430. The second-order valence-electron chi connectivity index (χ2n) is 9.07. The molecule has 0 saturated heterocycles. The average molecular weight is 669 g/mol. The van der Waals surface area contributed by atoms with Crippen molar-refractivity contribution in [1.82, 2.24) is 8.61 Å². The first-order valence-electron chi connectivity index (χ1n) is 11.1. The van der Waals surface area contributed by atoms with Gasteiger partial charge in [0, 0.05) is 6.54 Å². The number of hydrogen-bond acceptors (Lipinski definition) is 5. The number of sulfonamides is 2. The standard InChI is InChI=1S/C22H20F12N2O4S2/c1-35(2)4-3-5-36(42(39,40)18-10-16(21(29,30)31)9-17(11-18)22(32,33)34)41(37,38)12-13-6-14(19(23,24)25)8-15(7-13)20(26,27)28/h6-11H,3-5,12H2,1-2H3. The van der Waals surface area contributed by atoms with Gasteiger partial charge in [-0.3, -0.25) is 0 Å². The van der Waals surface area contributed by atoms with Crippen molar-refractivity contribution in [3.63, 3.8) is 0 Å². The molecular weight excluding hydrogens is 648 g/mol. The summed E-state index contributed by atoms with van der Waals surface area (Å²) in [6.07, 6.45) is -22.3. The third kappa shape index (κ3) is 8.96. The van der Waals surface area contributed by atoms with E-state index in [0.29, 0.717) is 0 Å². The monoisotopic (exact) mass is 668 g/mol. The molecule has 6 nitrogen and oxygen atoms in total. The second-order valence-corrected chi connectivity index (χ2v) is 13.1. The van der Waals surface area contributed by atoms with E-state index in [1.807, 2.05) is 0 Å². The molecule has 0 radical (unpaired) electrons. The smallest absolute Gasteiger partial charge is 0.309 e. The molecule has 0 aliphatic heterocycles. The normalized spacial score (nSPS) is 14.2. The van der Waals surface area contributed by atoms with Crippen LogP contribution in [0.1, 0.15) is 34.2 Å². The van der Waals surface area contributed by atoms with Crippen LogP contribution in [-0.2, 0) is 50.5 Å².